The summed E-state index contributed by atoms with van der Waals surface area (Å²) in [6.07, 6.45) is 6.27. The summed E-state index contributed by atoms with van der Waals surface area (Å²) >= 11 is 0. The number of fused-ring (bicyclic) bond motifs is 1. The quantitative estimate of drug-likeness (QED) is 0.626. The van der Waals surface area contributed by atoms with Gasteiger partial charge in [-0.2, -0.15) is 0 Å². The van der Waals surface area contributed by atoms with Crippen LogP contribution in [0.25, 0.3) is 16.3 Å². The van der Waals surface area contributed by atoms with E-state index in [-0.39, 0.29) is 0 Å². The van der Waals surface area contributed by atoms with Crippen LogP contribution in [0, 0.1) is 0 Å². The van der Waals surface area contributed by atoms with Crippen molar-refractivity contribution in [3.63, 3.8) is 0 Å². The van der Waals surface area contributed by atoms with Crippen molar-refractivity contribution in [2.45, 2.75) is 13.8 Å². The lowest BCUT2D eigenvalue weighted by Crippen LogP contribution is -1.82. The van der Waals surface area contributed by atoms with Crippen LogP contribution >= 0.6 is 0 Å². The summed E-state index contributed by atoms with van der Waals surface area (Å²) < 4.78 is 0. The maximum absolute atomic E-state index is 4.17. The highest BCUT2D eigenvalue weighted by atomic mass is 14.0. The van der Waals surface area contributed by atoms with Gasteiger partial charge in [-0.15, -0.1) is 0 Å². The third-order valence-electron chi connectivity index (χ3n) is 3.14. The molecule has 2 aromatic carbocycles. The maximum Gasteiger partial charge on any atom is -0.0106 e. The Hall–Kier alpha value is -2.08. The lowest BCUT2D eigenvalue weighted by atomic mass is 9.98. The molecule has 0 aliphatic rings. The van der Waals surface area contributed by atoms with Gasteiger partial charge in [0.25, 0.3) is 0 Å². The van der Waals surface area contributed by atoms with Crippen LogP contribution in [0.2, 0.25) is 0 Å². The smallest absolute Gasteiger partial charge is 0.0106 e. The summed E-state index contributed by atoms with van der Waals surface area (Å²) in [5.74, 6) is 0. The van der Waals surface area contributed by atoms with Gasteiger partial charge in [0, 0.05) is 0 Å². The minimum atomic E-state index is 1.05. The second-order valence-corrected chi connectivity index (χ2v) is 4.42. The van der Waals surface area contributed by atoms with Gasteiger partial charge >= 0.3 is 0 Å². The van der Waals surface area contributed by atoms with Crippen molar-refractivity contribution in [1.82, 2.24) is 0 Å². The first-order chi connectivity index (χ1) is 8.72. The van der Waals surface area contributed by atoms with Crippen LogP contribution in [0.3, 0.4) is 0 Å². The lowest BCUT2D eigenvalue weighted by Gasteiger charge is -2.06. The lowest BCUT2D eigenvalue weighted by molar-refractivity contribution is 1.48. The van der Waals surface area contributed by atoms with Crippen LogP contribution in [-0.4, -0.2) is 0 Å². The molecule has 0 unspecified atom stereocenters. The van der Waals surface area contributed by atoms with E-state index in [1.54, 1.807) is 0 Å². The van der Waals surface area contributed by atoms with Crippen LogP contribution in [0.15, 0.2) is 72.8 Å². The van der Waals surface area contributed by atoms with E-state index in [1.807, 2.05) is 6.92 Å². The van der Waals surface area contributed by atoms with E-state index in [1.165, 1.54) is 21.9 Å². The first-order valence-corrected chi connectivity index (χ1v) is 6.20. The molecule has 0 amide bonds. The fourth-order valence-corrected chi connectivity index (χ4v) is 1.92. The molecule has 0 spiro atoms. The zero-order chi connectivity index (χ0) is 13.0. The molecule has 0 N–H and O–H groups in total. The summed E-state index contributed by atoms with van der Waals surface area (Å²) in [4.78, 5) is 0. The van der Waals surface area contributed by atoms with Crippen LogP contribution in [0.1, 0.15) is 19.4 Å². The third kappa shape index (κ3) is 2.60. The average Bonchev–Trinajstić information content (AvgIpc) is 2.43. The molecule has 0 bridgehead atoms. The number of hydrogen-bond donors (Lipinski definition) is 0. The van der Waals surface area contributed by atoms with Gasteiger partial charge in [-0.25, -0.2) is 0 Å². The SMILES string of the molecule is C=C(/C=C\C(C)=C/C)c1cccc2ccccc12. The van der Waals surface area contributed by atoms with Gasteiger partial charge in [-0.1, -0.05) is 72.8 Å². The van der Waals surface area contributed by atoms with Gasteiger partial charge in [-0.05, 0) is 35.8 Å². The largest absolute Gasteiger partial charge is 0.0911 e. The highest BCUT2D eigenvalue weighted by Gasteiger charge is 2.01. The number of allylic oxidation sites excluding steroid dienone is 5. The molecule has 0 nitrogen and oxygen atoms in total. The van der Waals surface area contributed by atoms with E-state index < -0.39 is 0 Å². The fraction of sp³-hybridized carbons (Fsp3) is 0.111. The summed E-state index contributed by atoms with van der Waals surface area (Å²) in [6.45, 7) is 8.30. The van der Waals surface area contributed by atoms with Crippen molar-refractivity contribution in [2.24, 2.45) is 0 Å². The standard InChI is InChI=1S/C18H18/c1-4-14(2)12-13-15(3)17-11-7-9-16-8-5-6-10-18(16)17/h4-13H,3H2,1-2H3/b13-12-,14-4-. The Balaban J connectivity index is 2.42. The molecule has 0 saturated carbocycles. The third-order valence-corrected chi connectivity index (χ3v) is 3.14. The van der Waals surface area contributed by atoms with Crippen LogP contribution in [0.4, 0.5) is 0 Å². The highest BCUT2D eigenvalue weighted by molar-refractivity contribution is 5.95. The average molecular weight is 234 g/mol. The summed E-state index contributed by atoms with van der Waals surface area (Å²) in [5.41, 5.74) is 3.50. The first-order valence-electron chi connectivity index (χ1n) is 6.20. The Kier molecular flexibility index (Phi) is 3.78. The normalized spacial score (nSPS) is 12.2. The van der Waals surface area contributed by atoms with Crippen molar-refractivity contribution in [3.8, 4) is 0 Å². The molecule has 90 valence electrons. The Labute approximate surface area is 109 Å². The zero-order valence-corrected chi connectivity index (χ0v) is 11.0. The van der Waals surface area contributed by atoms with Crippen LogP contribution in [-0.2, 0) is 0 Å². The molecule has 2 aromatic rings. The predicted octanol–water partition coefficient (Wildman–Crippen LogP) is 5.38. The first kappa shape index (κ1) is 12.4. The van der Waals surface area contributed by atoms with Gasteiger partial charge in [-0.3, -0.25) is 0 Å². The molecule has 0 aliphatic carbocycles. The molecular weight excluding hydrogens is 216 g/mol. The van der Waals surface area contributed by atoms with E-state index in [2.05, 4.69) is 74.2 Å². The minimum Gasteiger partial charge on any atom is -0.0911 e. The van der Waals surface area contributed by atoms with E-state index in [4.69, 9.17) is 0 Å². The second kappa shape index (κ2) is 5.50. The number of rotatable bonds is 3. The van der Waals surface area contributed by atoms with Gasteiger partial charge in [0.05, 0.1) is 0 Å². The monoisotopic (exact) mass is 234 g/mol. The Morgan fingerprint density at radius 1 is 1.00 bits per heavy atom. The Bertz CT molecular complexity index is 622. The summed E-state index contributed by atoms with van der Waals surface area (Å²) in [5, 5.41) is 2.51. The van der Waals surface area contributed by atoms with E-state index in [0.717, 1.165) is 5.57 Å². The van der Waals surface area contributed by atoms with Crippen molar-refractivity contribution in [2.75, 3.05) is 0 Å². The number of hydrogen-bond acceptors (Lipinski definition) is 0. The highest BCUT2D eigenvalue weighted by Crippen LogP contribution is 2.25. The Morgan fingerprint density at radius 3 is 2.50 bits per heavy atom. The predicted molar refractivity (Wildman–Crippen MR) is 81.6 cm³/mol. The zero-order valence-electron chi connectivity index (χ0n) is 11.0. The second-order valence-electron chi connectivity index (χ2n) is 4.42. The van der Waals surface area contributed by atoms with Gasteiger partial charge < -0.3 is 0 Å². The van der Waals surface area contributed by atoms with Crippen LogP contribution < -0.4 is 0 Å². The summed E-state index contributed by atoms with van der Waals surface area (Å²) in [6, 6.07) is 14.8. The molecule has 0 atom stereocenters. The fourth-order valence-electron chi connectivity index (χ4n) is 1.92. The Morgan fingerprint density at radius 2 is 1.72 bits per heavy atom. The topological polar surface area (TPSA) is 0 Å². The van der Waals surface area contributed by atoms with Crippen LogP contribution in [0.5, 0.6) is 0 Å². The van der Waals surface area contributed by atoms with Gasteiger partial charge in [0.15, 0.2) is 0 Å². The molecule has 0 aliphatic heterocycles. The van der Waals surface area contributed by atoms with Crippen molar-refractivity contribution in [3.05, 3.63) is 78.4 Å². The van der Waals surface area contributed by atoms with E-state index >= 15 is 0 Å². The molecule has 0 aromatic heterocycles. The number of benzene rings is 2. The van der Waals surface area contributed by atoms with Crippen molar-refractivity contribution in [1.29, 1.82) is 0 Å². The molecule has 0 heteroatoms. The maximum atomic E-state index is 4.17. The van der Waals surface area contributed by atoms with E-state index in [9.17, 15) is 0 Å². The molecule has 0 radical (unpaired) electrons. The molecule has 0 saturated heterocycles. The molecule has 0 fully saturated rings. The van der Waals surface area contributed by atoms with Crippen molar-refractivity contribution >= 4 is 16.3 Å². The van der Waals surface area contributed by atoms with Crippen molar-refractivity contribution < 1.29 is 0 Å². The molecular formula is C18H18. The van der Waals surface area contributed by atoms with Gasteiger partial charge in [0.1, 0.15) is 0 Å². The minimum absolute atomic E-state index is 1.05. The van der Waals surface area contributed by atoms with Gasteiger partial charge in [0.2, 0.25) is 0 Å². The van der Waals surface area contributed by atoms with E-state index in [0.29, 0.717) is 0 Å². The molecule has 0 heterocycles. The molecule has 18 heavy (non-hydrogen) atoms. The summed E-state index contributed by atoms with van der Waals surface area (Å²) in [7, 11) is 0. The molecule has 2 rings (SSSR count).